The summed E-state index contributed by atoms with van der Waals surface area (Å²) in [6, 6.07) is 11.4. The van der Waals surface area contributed by atoms with Crippen LogP contribution in [0.2, 0.25) is 0 Å². The van der Waals surface area contributed by atoms with Gasteiger partial charge in [0.05, 0.1) is 17.9 Å². The summed E-state index contributed by atoms with van der Waals surface area (Å²) in [5.74, 6) is 0.320. The highest BCUT2D eigenvalue weighted by Gasteiger charge is 2.25. The van der Waals surface area contributed by atoms with Crippen molar-refractivity contribution < 1.29 is 4.79 Å². The van der Waals surface area contributed by atoms with Crippen LogP contribution in [0, 0.1) is 0 Å². The molecule has 1 aliphatic rings. The van der Waals surface area contributed by atoms with Gasteiger partial charge in [0.1, 0.15) is 0 Å². The van der Waals surface area contributed by atoms with Crippen LogP contribution < -0.4 is 10.9 Å². The van der Waals surface area contributed by atoms with E-state index in [2.05, 4.69) is 10.3 Å². The van der Waals surface area contributed by atoms with Gasteiger partial charge in [-0.15, -0.1) is 0 Å². The number of benzene rings is 1. The minimum absolute atomic E-state index is 0.000640. The van der Waals surface area contributed by atoms with Crippen molar-refractivity contribution in [2.24, 2.45) is 0 Å². The van der Waals surface area contributed by atoms with Crippen molar-refractivity contribution in [2.75, 3.05) is 6.54 Å². The van der Waals surface area contributed by atoms with Gasteiger partial charge in [-0.05, 0) is 24.8 Å². The lowest BCUT2D eigenvalue weighted by Crippen LogP contribution is -2.34. The molecule has 0 radical (unpaired) electrons. The minimum Gasteiger partial charge on any atom is -0.354 e. The van der Waals surface area contributed by atoms with E-state index in [1.165, 1.54) is 0 Å². The van der Waals surface area contributed by atoms with Crippen LogP contribution in [0.5, 0.6) is 0 Å². The molecular formula is C19H23N3O2. The minimum atomic E-state index is -0.154. The van der Waals surface area contributed by atoms with Crippen molar-refractivity contribution in [1.82, 2.24) is 14.9 Å². The maximum Gasteiger partial charge on any atom is 0.253 e. The smallest absolute Gasteiger partial charge is 0.253 e. The Bertz CT molecular complexity index is 751. The summed E-state index contributed by atoms with van der Waals surface area (Å²) in [5.41, 5.74) is 1.87. The van der Waals surface area contributed by atoms with Crippen LogP contribution in [0.3, 0.4) is 0 Å². The molecular weight excluding hydrogens is 302 g/mol. The molecule has 0 unspecified atom stereocenters. The first-order valence-electron chi connectivity index (χ1n) is 8.58. The highest BCUT2D eigenvalue weighted by atomic mass is 16.2. The Labute approximate surface area is 141 Å². The maximum absolute atomic E-state index is 12.4. The van der Waals surface area contributed by atoms with Crippen molar-refractivity contribution in [3.05, 3.63) is 64.3 Å². The van der Waals surface area contributed by atoms with Gasteiger partial charge < -0.3 is 5.32 Å². The van der Waals surface area contributed by atoms with Gasteiger partial charge in [0.15, 0.2) is 0 Å². The zero-order valence-corrected chi connectivity index (χ0v) is 13.9. The fourth-order valence-corrected chi connectivity index (χ4v) is 2.89. The lowest BCUT2D eigenvalue weighted by Gasteiger charge is -2.15. The van der Waals surface area contributed by atoms with E-state index >= 15 is 0 Å². The molecule has 1 saturated carbocycles. The Morgan fingerprint density at radius 3 is 2.71 bits per heavy atom. The van der Waals surface area contributed by atoms with Crippen LogP contribution in [-0.2, 0) is 11.3 Å². The molecule has 1 N–H and O–H groups in total. The Morgan fingerprint density at radius 2 is 2.08 bits per heavy atom. The third kappa shape index (κ3) is 3.91. The van der Waals surface area contributed by atoms with Crippen molar-refractivity contribution in [3.63, 3.8) is 0 Å². The lowest BCUT2D eigenvalue weighted by atomic mass is 9.96. The summed E-state index contributed by atoms with van der Waals surface area (Å²) in [6.45, 7) is 2.86. The quantitative estimate of drug-likeness (QED) is 0.850. The molecule has 1 heterocycles. The molecule has 0 aliphatic heterocycles. The average Bonchev–Trinajstić information content (AvgIpc) is 3.43. The SMILES string of the molecule is CC[C@@H](C(=O)NCCn1cnc(C2CC2)cc1=O)c1ccccc1. The second-order valence-electron chi connectivity index (χ2n) is 6.28. The van der Waals surface area contributed by atoms with E-state index in [1.54, 1.807) is 17.0 Å². The molecule has 1 fully saturated rings. The highest BCUT2D eigenvalue weighted by molar-refractivity contribution is 5.83. The van der Waals surface area contributed by atoms with E-state index in [1.807, 2.05) is 37.3 Å². The molecule has 1 amide bonds. The molecule has 2 aromatic rings. The van der Waals surface area contributed by atoms with Gasteiger partial charge in [-0.25, -0.2) is 4.98 Å². The van der Waals surface area contributed by atoms with Crippen molar-refractivity contribution in [2.45, 2.75) is 44.6 Å². The molecule has 3 rings (SSSR count). The predicted molar refractivity (Wildman–Crippen MR) is 93.0 cm³/mol. The van der Waals surface area contributed by atoms with Gasteiger partial charge in [0.2, 0.25) is 5.91 Å². The summed E-state index contributed by atoms with van der Waals surface area (Å²) in [5, 5.41) is 2.93. The fraction of sp³-hybridized carbons (Fsp3) is 0.421. The Balaban J connectivity index is 1.55. The Hall–Kier alpha value is -2.43. The van der Waals surface area contributed by atoms with E-state index in [0.29, 0.717) is 19.0 Å². The molecule has 5 heteroatoms. The first kappa shape index (κ1) is 16.4. The molecule has 0 bridgehead atoms. The van der Waals surface area contributed by atoms with Crippen molar-refractivity contribution >= 4 is 5.91 Å². The maximum atomic E-state index is 12.4. The molecule has 126 valence electrons. The van der Waals surface area contributed by atoms with Crippen LogP contribution in [0.15, 0.2) is 47.5 Å². The van der Waals surface area contributed by atoms with Crippen molar-refractivity contribution in [1.29, 1.82) is 0 Å². The lowest BCUT2D eigenvalue weighted by molar-refractivity contribution is -0.122. The monoisotopic (exact) mass is 325 g/mol. The molecule has 1 atom stereocenters. The number of carbonyl (C=O) groups excluding carboxylic acids is 1. The molecule has 0 spiro atoms. The summed E-state index contributed by atoms with van der Waals surface area (Å²) < 4.78 is 1.55. The van der Waals surface area contributed by atoms with Crippen LogP contribution in [-0.4, -0.2) is 22.0 Å². The van der Waals surface area contributed by atoms with Crippen LogP contribution in [0.4, 0.5) is 0 Å². The zero-order valence-electron chi connectivity index (χ0n) is 13.9. The second kappa shape index (κ2) is 7.43. The Morgan fingerprint density at radius 1 is 1.33 bits per heavy atom. The summed E-state index contributed by atoms with van der Waals surface area (Å²) in [7, 11) is 0. The molecule has 5 nitrogen and oxygen atoms in total. The van der Waals surface area contributed by atoms with Crippen LogP contribution in [0.1, 0.15) is 49.3 Å². The predicted octanol–water partition coefficient (Wildman–Crippen LogP) is 2.43. The standard InChI is InChI=1S/C19H23N3O2/c1-2-16(14-6-4-3-5-7-14)19(24)20-10-11-22-13-21-17(12-18(22)23)15-8-9-15/h3-7,12-13,15-16H,2,8-11H2,1H3,(H,20,24)/t16-/m1/s1. The van der Waals surface area contributed by atoms with E-state index < -0.39 is 0 Å². The van der Waals surface area contributed by atoms with E-state index in [4.69, 9.17) is 0 Å². The number of nitrogens with one attached hydrogen (secondary N) is 1. The first-order chi connectivity index (χ1) is 11.7. The third-order valence-electron chi connectivity index (χ3n) is 4.47. The van der Waals surface area contributed by atoms with Crippen LogP contribution in [0.25, 0.3) is 0 Å². The summed E-state index contributed by atoms with van der Waals surface area (Å²) in [4.78, 5) is 28.8. The average molecular weight is 325 g/mol. The zero-order chi connectivity index (χ0) is 16.9. The fourth-order valence-electron chi connectivity index (χ4n) is 2.89. The van der Waals surface area contributed by atoms with E-state index in [-0.39, 0.29) is 17.4 Å². The molecule has 1 aromatic heterocycles. The van der Waals surface area contributed by atoms with Crippen molar-refractivity contribution in [3.8, 4) is 0 Å². The Kier molecular flexibility index (Phi) is 5.08. The number of nitrogens with zero attached hydrogens (tertiary/aromatic N) is 2. The largest absolute Gasteiger partial charge is 0.354 e. The first-order valence-corrected chi connectivity index (χ1v) is 8.58. The molecule has 1 aromatic carbocycles. The van der Waals surface area contributed by atoms with Gasteiger partial charge >= 0.3 is 0 Å². The summed E-state index contributed by atoms with van der Waals surface area (Å²) >= 11 is 0. The number of rotatable bonds is 7. The van der Waals surface area contributed by atoms with Crippen LogP contribution >= 0.6 is 0 Å². The van der Waals surface area contributed by atoms with Gasteiger partial charge in [-0.1, -0.05) is 37.3 Å². The molecule has 24 heavy (non-hydrogen) atoms. The van der Waals surface area contributed by atoms with E-state index in [9.17, 15) is 9.59 Å². The second-order valence-corrected chi connectivity index (χ2v) is 6.28. The molecule has 1 aliphatic carbocycles. The highest BCUT2D eigenvalue weighted by Crippen LogP contribution is 2.38. The number of carbonyl (C=O) groups is 1. The van der Waals surface area contributed by atoms with Gasteiger partial charge in [0.25, 0.3) is 5.56 Å². The number of hydrogen-bond donors (Lipinski definition) is 1. The number of amides is 1. The number of hydrogen-bond acceptors (Lipinski definition) is 3. The molecule has 0 saturated heterocycles. The topological polar surface area (TPSA) is 64.0 Å². The van der Waals surface area contributed by atoms with Gasteiger partial charge in [-0.3, -0.25) is 14.2 Å². The third-order valence-corrected chi connectivity index (χ3v) is 4.47. The normalized spacial score (nSPS) is 15.0. The van der Waals surface area contributed by atoms with E-state index in [0.717, 1.165) is 30.5 Å². The van der Waals surface area contributed by atoms with Gasteiger partial charge in [0, 0.05) is 25.1 Å². The number of aromatic nitrogens is 2. The summed E-state index contributed by atoms with van der Waals surface area (Å²) in [6.07, 6.45) is 4.60. The van der Waals surface area contributed by atoms with Gasteiger partial charge in [-0.2, -0.15) is 0 Å².